The van der Waals surface area contributed by atoms with Gasteiger partial charge in [-0.1, -0.05) is 24.3 Å². The van der Waals surface area contributed by atoms with Crippen LogP contribution in [0.3, 0.4) is 0 Å². The molecule has 0 bridgehead atoms. The van der Waals surface area contributed by atoms with E-state index < -0.39 is 6.61 Å². The van der Waals surface area contributed by atoms with E-state index in [0.29, 0.717) is 29.2 Å². The van der Waals surface area contributed by atoms with Crippen LogP contribution in [-0.2, 0) is 11.8 Å². The van der Waals surface area contributed by atoms with Gasteiger partial charge >= 0.3 is 6.61 Å². The number of hydrogen-bond donors (Lipinski definition) is 2. The first-order valence-electron chi connectivity index (χ1n) is 9.82. The highest BCUT2D eigenvalue weighted by atomic mass is 19.3. The van der Waals surface area contributed by atoms with E-state index in [1.54, 1.807) is 25.2 Å². The summed E-state index contributed by atoms with van der Waals surface area (Å²) in [7, 11) is 1.65. The normalized spacial score (nSPS) is 16.3. The molecule has 2 N–H and O–H groups in total. The molecule has 1 atom stereocenters. The number of nitrogens with one attached hydrogen (secondary N) is 2. The van der Waals surface area contributed by atoms with Crippen LogP contribution in [0.2, 0.25) is 0 Å². The molecule has 9 heteroatoms. The van der Waals surface area contributed by atoms with Crippen LogP contribution in [0.1, 0.15) is 22.2 Å². The topological polar surface area (TPSA) is 77.4 Å². The van der Waals surface area contributed by atoms with E-state index in [-0.39, 0.29) is 17.8 Å². The molecule has 2 aromatic carbocycles. The Morgan fingerprint density at radius 2 is 2.06 bits per heavy atom. The average Bonchev–Trinajstić information content (AvgIpc) is 3.16. The van der Waals surface area contributed by atoms with Crippen molar-refractivity contribution in [1.29, 1.82) is 0 Å². The zero-order chi connectivity index (χ0) is 21.8. The highest BCUT2D eigenvalue weighted by Crippen LogP contribution is 2.25. The fraction of sp³-hybridized carbons (Fsp3) is 0.273. The van der Waals surface area contributed by atoms with Gasteiger partial charge in [0, 0.05) is 31.4 Å². The van der Waals surface area contributed by atoms with Gasteiger partial charge in [-0.05, 0) is 35.9 Å². The first kappa shape index (κ1) is 21.0. The maximum Gasteiger partial charge on any atom is 0.387 e. The van der Waals surface area contributed by atoms with E-state index in [4.69, 9.17) is 4.74 Å². The number of anilines is 1. The first-order chi connectivity index (χ1) is 15.0. The van der Waals surface area contributed by atoms with Gasteiger partial charge in [-0.25, -0.2) is 0 Å². The predicted octanol–water partition coefficient (Wildman–Crippen LogP) is 3.60. The summed E-state index contributed by atoms with van der Waals surface area (Å²) in [5.41, 5.74) is 3.06. The van der Waals surface area contributed by atoms with Crippen LogP contribution >= 0.6 is 0 Å². The molecule has 4 rings (SSSR count). The third-order valence-corrected chi connectivity index (χ3v) is 4.94. The van der Waals surface area contributed by atoms with Crippen molar-refractivity contribution < 1.29 is 23.0 Å². The van der Waals surface area contributed by atoms with Crippen LogP contribution in [-0.4, -0.2) is 42.0 Å². The Labute approximate surface area is 178 Å². The third kappa shape index (κ3) is 5.07. The van der Waals surface area contributed by atoms with Gasteiger partial charge in [-0.3, -0.25) is 9.48 Å². The predicted molar refractivity (Wildman–Crippen MR) is 111 cm³/mol. The van der Waals surface area contributed by atoms with Crippen LogP contribution < -0.4 is 15.4 Å². The fourth-order valence-electron chi connectivity index (χ4n) is 3.41. The van der Waals surface area contributed by atoms with Gasteiger partial charge in [0.15, 0.2) is 0 Å². The van der Waals surface area contributed by atoms with E-state index in [1.807, 2.05) is 24.3 Å². The smallest absolute Gasteiger partial charge is 0.387 e. The molecule has 162 valence electrons. The SMILES string of the molecule is Cn1nc(-c2cccc(OC(F)F)c2)cc1C(=O)Nc1ccc(C2CNCCO2)cc1. The van der Waals surface area contributed by atoms with E-state index in [9.17, 15) is 13.6 Å². The number of morpholine rings is 1. The molecule has 1 aliphatic rings. The molecule has 7 nitrogen and oxygen atoms in total. The van der Waals surface area contributed by atoms with Crippen molar-refractivity contribution in [3.63, 3.8) is 0 Å². The number of carbonyl (C=O) groups is 1. The van der Waals surface area contributed by atoms with Crippen LogP contribution in [0.5, 0.6) is 5.75 Å². The second-order valence-corrected chi connectivity index (χ2v) is 7.08. The van der Waals surface area contributed by atoms with Crippen molar-refractivity contribution >= 4 is 11.6 Å². The van der Waals surface area contributed by atoms with Gasteiger partial charge in [0.25, 0.3) is 5.91 Å². The van der Waals surface area contributed by atoms with Crippen LogP contribution in [0, 0.1) is 0 Å². The van der Waals surface area contributed by atoms with Crippen molar-refractivity contribution in [2.24, 2.45) is 7.05 Å². The minimum absolute atomic E-state index is 0.00273. The van der Waals surface area contributed by atoms with Crippen molar-refractivity contribution in [2.75, 3.05) is 25.0 Å². The minimum atomic E-state index is -2.91. The molecule has 0 saturated carbocycles. The second-order valence-electron chi connectivity index (χ2n) is 7.08. The van der Waals surface area contributed by atoms with Gasteiger partial charge < -0.3 is 20.1 Å². The van der Waals surface area contributed by atoms with Gasteiger partial charge in [-0.2, -0.15) is 13.9 Å². The highest BCUT2D eigenvalue weighted by Gasteiger charge is 2.17. The largest absolute Gasteiger partial charge is 0.435 e. The Kier molecular flexibility index (Phi) is 6.24. The summed E-state index contributed by atoms with van der Waals surface area (Å²) in [5.74, 6) is -0.300. The van der Waals surface area contributed by atoms with Gasteiger partial charge in [-0.15, -0.1) is 0 Å². The third-order valence-electron chi connectivity index (χ3n) is 4.94. The van der Waals surface area contributed by atoms with Crippen molar-refractivity contribution in [2.45, 2.75) is 12.7 Å². The Bertz CT molecular complexity index is 1050. The molecule has 0 spiro atoms. The lowest BCUT2D eigenvalue weighted by Crippen LogP contribution is -2.33. The Morgan fingerprint density at radius 1 is 1.26 bits per heavy atom. The molecule has 0 aliphatic carbocycles. The minimum Gasteiger partial charge on any atom is -0.435 e. The lowest BCUT2D eigenvalue weighted by Gasteiger charge is -2.24. The lowest BCUT2D eigenvalue weighted by molar-refractivity contribution is -0.0498. The number of nitrogens with zero attached hydrogens (tertiary/aromatic N) is 2. The van der Waals surface area contributed by atoms with Crippen molar-refractivity contribution in [3.05, 3.63) is 65.9 Å². The molecule has 3 aromatic rings. The number of amides is 1. The van der Waals surface area contributed by atoms with E-state index in [1.165, 1.54) is 16.8 Å². The number of rotatable bonds is 6. The summed E-state index contributed by atoms with van der Waals surface area (Å²) < 4.78 is 36.5. The summed E-state index contributed by atoms with van der Waals surface area (Å²) in [6, 6.07) is 15.3. The second kappa shape index (κ2) is 9.23. The van der Waals surface area contributed by atoms with E-state index in [2.05, 4.69) is 20.5 Å². The molecule has 0 radical (unpaired) electrons. The maximum absolute atomic E-state index is 12.7. The Hall–Kier alpha value is -3.30. The molecule has 1 aliphatic heterocycles. The summed E-state index contributed by atoms with van der Waals surface area (Å²) in [6.07, 6.45) is 0.00273. The molecule has 1 amide bonds. The van der Waals surface area contributed by atoms with Gasteiger partial charge in [0.05, 0.1) is 18.4 Å². The zero-order valence-electron chi connectivity index (χ0n) is 16.8. The number of benzene rings is 2. The quantitative estimate of drug-likeness (QED) is 0.627. The number of aryl methyl sites for hydroxylation is 1. The molecule has 1 unspecified atom stereocenters. The van der Waals surface area contributed by atoms with Gasteiger partial charge in [0.2, 0.25) is 0 Å². The molecular weight excluding hydrogens is 406 g/mol. The number of carbonyl (C=O) groups excluding carboxylic acids is 1. The fourth-order valence-corrected chi connectivity index (χ4v) is 3.41. The lowest BCUT2D eigenvalue weighted by atomic mass is 10.1. The van der Waals surface area contributed by atoms with Crippen molar-refractivity contribution in [1.82, 2.24) is 15.1 Å². The summed E-state index contributed by atoms with van der Waals surface area (Å²) in [5, 5.41) is 10.5. The van der Waals surface area contributed by atoms with E-state index in [0.717, 1.165) is 18.7 Å². The zero-order valence-corrected chi connectivity index (χ0v) is 16.8. The maximum atomic E-state index is 12.7. The number of hydrogen-bond acceptors (Lipinski definition) is 5. The number of halogens is 2. The van der Waals surface area contributed by atoms with E-state index >= 15 is 0 Å². The molecular formula is C22H22F2N4O3. The molecule has 2 heterocycles. The Balaban J connectivity index is 1.46. The van der Waals surface area contributed by atoms with Crippen LogP contribution in [0.4, 0.5) is 14.5 Å². The highest BCUT2D eigenvalue weighted by molar-refractivity contribution is 6.03. The number of aromatic nitrogens is 2. The van der Waals surface area contributed by atoms with Gasteiger partial charge in [0.1, 0.15) is 11.4 Å². The molecule has 1 saturated heterocycles. The molecule has 1 aromatic heterocycles. The average molecular weight is 428 g/mol. The number of alkyl halides is 2. The molecule has 31 heavy (non-hydrogen) atoms. The molecule has 1 fully saturated rings. The summed E-state index contributed by atoms with van der Waals surface area (Å²) in [4.78, 5) is 12.7. The monoisotopic (exact) mass is 428 g/mol. The summed E-state index contributed by atoms with van der Waals surface area (Å²) in [6.45, 7) is -0.635. The van der Waals surface area contributed by atoms with Crippen LogP contribution in [0.15, 0.2) is 54.6 Å². The van der Waals surface area contributed by atoms with Crippen molar-refractivity contribution in [3.8, 4) is 17.0 Å². The number of ether oxygens (including phenoxy) is 2. The standard InChI is InChI=1S/C22H22F2N4O3/c1-28-19(12-18(27-28)15-3-2-4-17(11-15)31-22(23)24)21(29)26-16-7-5-14(6-8-16)20-13-25-9-10-30-20/h2-8,11-12,20,22,25H,9-10,13H2,1H3,(H,26,29). The first-order valence-corrected chi connectivity index (χ1v) is 9.82. The summed E-state index contributed by atoms with van der Waals surface area (Å²) >= 11 is 0. The Morgan fingerprint density at radius 3 is 2.77 bits per heavy atom. The van der Waals surface area contributed by atoms with Crippen LogP contribution in [0.25, 0.3) is 11.3 Å².